The molecule has 0 radical (unpaired) electrons. The Labute approximate surface area is 185 Å². The van der Waals surface area contributed by atoms with Gasteiger partial charge in [0.15, 0.2) is 0 Å². The highest BCUT2D eigenvalue weighted by atomic mass is 16.5. The smallest absolute Gasteiger partial charge is 0.254 e. The van der Waals surface area contributed by atoms with E-state index in [1.54, 1.807) is 0 Å². The number of ether oxygens (including phenoxy) is 1. The molecule has 1 fully saturated rings. The molecule has 1 saturated heterocycles. The van der Waals surface area contributed by atoms with E-state index < -0.39 is 0 Å². The second-order valence-corrected chi connectivity index (χ2v) is 9.99. The van der Waals surface area contributed by atoms with Crippen LogP contribution in [-0.4, -0.2) is 52.6 Å². The molecule has 166 valence electrons. The Morgan fingerprint density at radius 2 is 1.71 bits per heavy atom. The van der Waals surface area contributed by atoms with Gasteiger partial charge in [0.25, 0.3) is 5.91 Å². The number of hydrogen-bond acceptors (Lipinski definition) is 5. The normalized spacial score (nSPS) is 21.7. The molecule has 2 aliphatic rings. The zero-order valence-electron chi connectivity index (χ0n) is 19.6. The van der Waals surface area contributed by atoms with Gasteiger partial charge in [-0.1, -0.05) is 32.9 Å². The SMILES string of the molecule is Cc1nc2c(c(N3C[C@H](C)O[C@@H](C)C3)n1)CN(C(=O)c1ccc(C(C)(C)C)cc1)CC2. The first-order chi connectivity index (χ1) is 14.6. The molecule has 6 nitrogen and oxygen atoms in total. The van der Waals surface area contributed by atoms with Crippen molar-refractivity contribution in [3.05, 3.63) is 52.5 Å². The summed E-state index contributed by atoms with van der Waals surface area (Å²) in [6.07, 6.45) is 1.06. The van der Waals surface area contributed by atoms with E-state index in [9.17, 15) is 4.79 Å². The zero-order valence-corrected chi connectivity index (χ0v) is 19.6. The third kappa shape index (κ3) is 4.59. The molecule has 1 amide bonds. The third-order valence-corrected chi connectivity index (χ3v) is 6.15. The predicted octanol–water partition coefficient (Wildman–Crippen LogP) is 3.89. The lowest BCUT2D eigenvalue weighted by Gasteiger charge is -2.38. The number of morpholine rings is 1. The molecule has 0 N–H and O–H groups in total. The number of hydrogen-bond donors (Lipinski definition) is 0. The second-order valence-electron chi connectivity index (χ2n) is 9.99. The van der Waals surface area contributed by atoms with E-state index in [4.69, 9.17) is 14.7 Å². The monoisotopic (exact) mass is 422 g/mol. The van der Waals surface area contributed by atoms with Crippen molar-refractivity contribution in [2.45, 2.75) is 72.1 Å². The highest BCUT2D eigenvalue weighted by molar-refractivity contribution is 5.94. The summed E-state index contributed by atoms with van der Waals surface area (Å²) in [5.41, 5.74) is 4.19. The fourth-order valence-electron chi connectivity index (χ4n) is 4.60. The van der Waals surface area contributed by atoms with Gasteiger partial charge in [-0.3, -0.25) is 4.79 Å². The van der Waals surface area contributed by atoms with Gasteiger partial charge in [0.05, 0.1) is 24.4 Å². The fraction of sp³-hybridized carbons (Fsp3) is 0.560. The molecule has 0 bridgehead atoms. The summed E-state index contributed by atoms with van der Waals surface area (Å²) >= 11 is 0. The standard InChI is InChI=1S/C25H34N4O2/c1-16-13-29(14-17(2)31-16)23-21-15-28(12-11-22(21)26-18(3)27-23)24(30)19-7-9-20(10-8-19)25(4,5)6/h7-10,16-17H,11-15H2,1-6H3/t16-,17-/m0/s1. The lowest BCUT2D eigenvalue weighted by molar-refractivity contribution is -0.00560. The van der Waals surface area contributed by atoms with Crippen LogP contribution in [0.5, 0.6) is 0 Å². The van der Waals surface area contributed by atoms with Crippen LogP contribution in [0.25, 0.3) is 0 Å². The van der Waals surface area contributed by atoms with Crippen molar-refractivity contribution in [3.8, 4) is 0 Å². The third-order valence-electron chi connectivity index (χ3n) is 6.15. The molecule has 0 saturated carbocycles. The molecule has 1 aromatic carbocycles. The van der Waals surface area contributed by atoms with Gasteiger partial charge < -0.3 is 14.5 Å². The first-order valence-corrected chi connectivity index (χ1v) is 11.3. The molecule has 2 aliphatic heterocycles. The average molecular weight is 423 g/mol. The molecule has 6 heteroatoms. The Balaban J connectivity index is 1.60. The molecule has 2 atom stereocenters. The van der Waals surface area contributed by atoms with Crippen molar-refractivity contribution >= 4 is 11.7 Å². The van der Waals surface area contributed by atoms with E-state index in [0.717, 1.165) is 48.0 Å². The Morgan fingerprint density at radius 1 is 1.06 bits per heavy atom. The Bertz CT molecular complexity index is 955. The quantitative estimate of drug-likeness (QED) is 0.735. The number of aromatic nitrogens is 2. The van der Waals surface area contributed by atoms with E-state index in [2.05, 4.69) is 51.7 Å². The maximum absolute atomic E-state index is 13.3. The number of nitrogens with zero attached hydrogens (tertiary/aromatic N) is 4. The van der Waals surface area contributed by atoms with Crippen LogP contribution < -0.4 is 4.90 Å². The average Bonchev–Trinajstić information content (AvgIpc) is 2.71. The van der Waals surface area contributed by atoms with Gasteiger partial charge in [-0.05, 0) is 43.9 Å². The summed E-state index contributed by atoms with van der Waals surface area (Å²) < 4.78 is 5.91. The topological polar surface area (TPSA) is 58.6 Å². The lowest BCUT2D eigenvalue weighted by Crippen LogP contribution is -2.47. The minimum absolute atomic E-state index is 0.0707. The minimum atomic E-state index is 0.0707. The highest BCUT2D eigenvalue weighted by Crippen LogP contribution is 2.30. The van der Waals surface area contributed by atoms with E-state index in [-0.39, 0.29) is 23.5 Å². The van der Waals surface area contributed by atoms with Crippen LogP contribution in [0.3, 0.4) is 0 Å². The summed E-state index contributed by atoms with van der Waals surface area (Å²) in [7, 11) is 0. The Morgan fingerprint density at radius 3 is 2.32 bits per heavy atom. The second kappa shape index (κ2) is 8.23. The van der Waals surface area contributed by atoms with Crippen molar-refractivity contribution in [2.75, 3.05) is 24.5 Å². The number of rotatable bonds is 2. The van der Waals surface area contributed by atoms with Crippen LogP contribution in [0.15, 0.2) is 24.3 Å². The van der Waals surface area contributed by atoms with Gasteiger partial charge in [0.1, 0.15) is 11.6 Å². The molecular formula is C25H34N4O2. The maximum Gasteiger partial charge on any atom is 0.254 e. The molecule has 0 spiro atoms. The van der Waals surface area contributed by atoms with Crippen molar-refractivity contribution in [1.82, 2.24) is 14.9 Å². The van der Waals surface area contributed by atoms with Gasteiger partial charge >= 0.3 is 0 Å². The van der Waals surface area contributed by atoms with Crippen LogP contribution >= 0.6 is 0 Å². The summed E-state index contributed by atoms with van der Waals surface area (Å²) in [6.45, 7) is 15.5. The number of fused-ring (bicyclic) bond motifs is 1. The van der Waals surface area contributed by atoms with E-state index in [0.29, 0.717) is 13.1 Å². The molecular weight excluding hydrogens is 388 g/mol. The number of carbonyl (C=O) groups is 1. The Kier molecular flexibility index (Phi) is 5.77. The fourth-order valence-corrected chi connectivity index (χ4v) is 4.60. The summed E-state index contributed by atoms with van der Waals surface area (Å²) in [5.74, 6) is 1.82. The van der Waals surface area contributed by atoms with Crippen LogP contribution in [0.1, 0.15) is 67.6 Å². The largest absolute Gasteiger partial charge is 0.372 e. The number of aryl methyl sites for hydroxylation is 1. The zero-order chi connectivity index (χ0) is 22.3. The van der Waals surface area contributed by atoms with Gasteiger partial charge in [-0.2, -0.15) is 0 Å². The van der Waals surface area contributed by atoms with Crippen LogP contribution in [0.4, 0.5) is 5.82 Å². The van der Waals surface area contributed by atoms with Gasteiger partial charge in [-0.15, -0.1) is 0 Å². The minimum Gasteiger partial charge on any atom is -0.372 e. The van der Waals surface area contributed by atoms with Crippen LogP contribution in [0, 0.1) is 6.92 Å². The molecule has 3 heterocycles. The van der Waals surface area contributed by atoms with E-state index in [1.807, 2.05) is 24.0 Å². The van der Waals surface area contributed by atoms with Gasteiger partial charge in [0.2, 0.25) is 0 Å². The number of carbonyl (C=O) groups excluding carboxylic acids is 1. The summed E-state index contributed by atoms with van der Waals surface area (Å²) in [6, 6.07) is 8.05. The number of benzene rings is 1. The highest BCUT2D eigenvalue weighted by Gasteiger charge is 2.31. The maximum atomic E-state index is 13.3. The van der Waals surface area contributed by atoms with Crippen molar-refractivity contribution in [2.24, 2.45) is 0 Å². The van der Waals surface area contributed by atoms with Crippen LogP contribution in [-0.2, 0) is 23.1 Å². The first kappa shape index (κ1) is 21.8. The molecule has 2 aromatic rings. The lowest BCUT2D eigenvalue weighted by atomic mass is 9.86. The van der Waals surface area contributed by atoms with Crippen molar-refractivity contribution in [3.63, 3.8) is 0 Å². The predicted molar refractivity (Wildman–Crippen MR) is 123 cm³/mol. The number of amides is 1. The molecule has 0 aliphatic carbocycles. The molecule has 0 unspecified atom stereocenters. The van der Waals surface area contributed by atoms with Crippen molar-refractivity contribution < 1.29 is 9.53 Å². The van der Waals surface area contributed by atoms with Crippen molar-refractivity contribution in [1.29, 1.82) is 0 Å². The van der Waals surface area contributed by atoms with Gasteiger partial charge in [0, 0.05) is 37.2 Å². The molecule has 4 rings (SSSR count). The molecule has 1 aromatic heterocycles. The number of anilines is 1. The summed E-state index contributed by atoms with van der Waals surface area (Å²) in [4.78, 5) is 27.0. The van der Waals surface area contributed by atoms with Gasteiger partial charge in [-0.25, -0.2) is 9.97 Å². The molecule has 31 heavy (non-hydrogen) atoms. The first-order valence-electron chi connectivity index (χ1n) is 11.3. The van der Waals surface area contributed by atoms with E-state index >= 15 is 0 Å². The van der Waals surface area contributed by atoms with E-state index in [1.165, 1.54) is 5.56 Å². The Hall–Kier alpha value is -2.47. The summed E-state index contributed by atoms with van der Waals surface area (Å²) in [5, 5.41) is 0. The van der Waals surface area contributed by atoms with Crippen LogP contribution in [0.2, 0.25) is 0 Å².